The van der Waals surface area contributed by atoms with E-state index < -0.39 is 5.97 Å². The van der Waals surface area contributed by atoms with Crippen molar-refractivity contribution in [3.05, 3.63) is 75.4 Å². The van der Waals surface area contributed by atoms with Crippen molar-refractivity contribution in [2.45, 2.75) is 19.5 Å². The number of carbonyl (C=O) groups is 2. The number of nitrogens with zero attached hydrogens (tertiary/aromatic N) is 2. The molecule has 1 amide bonds. The number of anilines is 1. The van der Waals surface area contributed by atoms with Crippen LogP contribution in [0.2, 0.25) is 10.0 Å². The lowest BCUT2D eigenvalue weighted by Crippen LogP contribution is -2.33. The van der Waals surface area contributed by atoms with Crippen molar-refractivity contribution in [1.82, 2.24) is 8.61 Å². The number of halogens is 2. The maximum Gasteiger partial charge on any atom is 0.337 e. The fourth-order valence-corrected chi connectivity index (χ4v) is 4.68. The van der Waals surface area contributed by atoms with Crippen molar-refractivity contribution in [3.8, 4) is 0 Å². The third-order valence-electron chi connectivity index (χ3n) is 4.46. The summed E-state index contributed by atoms with van der Waals surface area (Å²) in [4.78, 5) is 23.3. The van der Waals surface area contributed by atoms with Crippen LogP contribution < -0.4 is 5.32 Å². The molecule has 1 N–H and O–H groups in total. The van der Waals surface area contributed by atoms with Gasteiger partial charge in [0, 0.05) is 41.1 Å². The van der Waals surface area contributed by atoms with Crippen LogP contribution in [0.5, 0.6) is 0 Å². The Kier molecular flexibility index (Phi) is 7.66. The zero-order valence-corrected chi connectivity index (χ0v) is 18.8. The van der Waals surface area contributed by atoms with Crippen molar-refractivity contribution in [3.63, 3.8) is 0 Å². The standard InChI is InChI=1S/C21H21Cl2N3O3S/c1-3-29-21(28)18-12-26(11-14-4-7-16(8-5-14)24-13-27)30-25(2)20(18)17-9-6-15(22)10-19(17)23/h4-10,12-13,20H,3,11H2,1-2H3,(H,24,27). The summed E-state index contributed by atoms with van der Waals surface area (Å²) in [6.45, 7) is 2.61. The van der Waals surface area contributed by atoms with Crippen LogP contribution in [0.3, 0.4) is 0 Å². The number of carbonyl (C=O) groups excluding carboxylic acids is 2. The second kappa shape index (κ2) is 10.2. The van der Waals surface area contributed by atoms with Crippen molar-refractivity contribution in [1.29, 1.82) is 0 Å². The monoisotopic (exact) mass is 465 g/mol. The highest BCUT2D eigenvalue weighted by Gasteiger charge is 2.34. The first-order chi connectivity index (χ1) is 14.4. The zero-order valence-electron chi connectivity index (χ0n) is 16.5. The van der Waals surface area contributed by atoms with Gasteiger partial charge >= 0.3 is 5.97 Å². The van der Waals surface area contributed by atoms with Gasteiger partial charge in [0.1, 0.15) is 0 Å². The van der Waals surface area contributed by atoms with E-state index in [2.05, 4.69) is 5.32 Å². The normalized spacial score (nSPS) is 16.7. The molecule has 6 nitrogen and oxygen atoms in total. The number of ether oxygens (including phenoxy) is 1. The van der Waals surface area contributed by atoms with Gasteiger partial charge in [-0.3, -0.25) is 4.79 Å². The van der Waals surface area contributed by atoms with Crippen molar-refractivity contribution >= 4 is 53.4 Å². The average Bonchev–Trinajstić information content (AvgIpc) is 2.70. The van der Waals surface area contributed by atoms with Crippen LogP contribution in [-0.4, -0.2) is 34.6 Å². The molecule has 2 aromatic carbocycles. The summed E-state index contributed by atoms with van der Waals surface area (Å²) < 4.78 is 9.22. The van der Waals surface area contributed by atoms with Crippen LogP contribution in [0.4, 0.5) is 5.69 Å². The number of nitrogens with one attached hydrogen (secondary N) is 1. The largest absolute Gasteiger partial charge is 0.463 e. The van der Waals surface area contributed by atoms with Gasteiger partial charge in [-0.25, -0.2) is 9.10 Å². The van der Waals surface area contributed by atoms with Gasteiger partial charge in [-0.05, 0) is 42.3 Å². The number of hydrogen-bond donors (Lipinski definition) is 1. The van der Waals surface area contributed by atoms with Gasteiger partial charge in [-0.15, -0.1) is 0 Å². The molecule has 1 heterocycles. The molecule has 0 saturated carbocycles. The molecular weight excluding hydrogens is 445 g/mol. The van der Waals surface area contributed by atoms with Crippen LogP contribution in [-0.2, 0) is 20.9 Å². The molecule has 0 aliphatic carbocycles. The molecule has 2 aromatic rings. The second-order valence-corrected chi connectivity index (χ2v) is 8.59. The Morgan fingerprint density at radius 3 is 2.60 bits per heavy atom. The molecule has 1 aliphatic rings. The third-order valence-corrected chi connectivity index (χ3v) is 5.94. The fraction of sp³-hybridized carbons (Fsp3) is 0.238. The molecule has 0 spiro atoms. The van der Waals surface area contributed by atoms with Crippen LogP contribution in [0.25, 0.3) is 0 Å². The molecule has 0 bridgehead atoms. The number of esters is 1. The molecule has 0 fully saturated rings. The number of benzene rings is 2. The first-order valence-electron chi connectivity index (χ1n) is 9.23. The molecule has 1 aliphatic heterocycles. The lowest BCUT2D eigenvalue weighted by molar-refractivity contribution is -0.139. The molecule has 158 valence electrons. The Bertz CT molecular complexity index is 953. The number of amides is 1. The van der Waals surface area contributed by atoms with Gasteiger partial charge in [-0.2, -0.15) is 0 Å². The average molecular weight is 466 g/mol. The molecule has 9 heteroatoms. The van der Waals surface area contributed by atoms with Crippen molar-refractivity contribution in [2.24, 2.45) is 0 Å². The molecule has 1 unspecified atom stereocenters. The fourth-order valence-electron chi connectivity index (χ4n) is 3.15. The van der Waals surface area contributed by atoms with Crippen molar-refractivity contribution < 1.29 is 14.3 Å². The van der Waals surface area contributed by atoms with Gasteiger partial charge in [0.25, 0.3) is 0 Å². The molecule has 0 radical (unpaired) electrons. The van der Waals surface area contributed by atoms with Crippen LogP contribution in [0.1, 0.15) is 24.1 Å². The summed E-state index contributed by atoms with van der Waals surface area (Å²) in [7, 11) is 1.90. The molecular formula is C21H21Cl2N3O3S. The summed E-state index contributed by atoms with van der Waals surface area (Å²) in [6, 6.07) is 12.4. The third kappa shape index (κ3) is 5.29. The minimum atomic E-state index is -0.392. The van der Waals surface area contributed by atoms with E-state index in [9.17, 15) is 9.59 Å². The van der Waals surface area contributed by atoms with E-state index in [1.54, 1.807) is 25.3 Å². The Labute approximate surface area is 190 Å². The van der Waals surface area contributed by atoms with Crippen molar-refractivity contribution in [2.75, 3.05) is 19.0 Å². The number of hydrogen-bond acceptors (Lipinski definition) is 6. The van der Waals surface area contributed by atoms with Crippen LogP contribution in [0, 0.1) is 0 Å². The van der Waals surface area contributed by atoms with Gasteiger partial charge in [0.15, 0.2) is 0 Å². The molecule has 1 atom stereocenters. The van der Waals surface area contributed by atoms with E-state index in [0.717, 1.165) is 16.8 Å². The Morgan fingerprint density at radius 2 is 1.97 bits per heavy atom. The highest BCUT2D eigenvalue weighted by Crippen LogP contribution is 2.42. The van der Waals surface area contributed by atoms with Gasteiger partial charge in [0.2, 0.25) is 6.41 Å². The smallest absolute Gasteiger partial charge is 0.337 e. The Hall–Kier alpha value is -2.19. The SMILES string of the molecule is CCOC(=O)C1=CN(Cc2ccc(NC=O)cc2)SN(C)C1c1ccc(Cl)cc1Cl. The highest BCUT2D eigenvalue weighted by atomic mass is 35.5. The maximum absolute atomic E-state index is 12.8. The highest BCUT2D eigenvalue weighted by molar-refractivity contribution is 7.94. The maximum atomic E-state index is 12.8. The first kappa shape index (κ1) is 22.5. The molecule has 3 rings (SSSR count). The lowest BCUT2D eigenvalue weighted by Gasteiger charge is -2.37. The second-order valence-electron chi connectivity index (χ2n) is 6.54. The predicted octanol–water partition coefficient (Wildman–Crippen LogP) is 5.06. The lowest BCUT2D eigenvalue weighted by atomic mass is 9.99. The number of rotatable bonds is 7. The number of likely N-dealkylation sites (N-methyl/N-ethyl adjacent to an activating group) is 1. The molecule has 0 aromatic heterocycles. The van der Waals surface area contributed by atoms with E-state index in [4.69, 9.17) is 27.9 Å². The van der Waals surface area contributed by atoms with E-state index in [0.29, 0.717) is 28.6 Å². The van der Waals surface area contributed by atoms with E-state index in [1.807, 2.05) is 46.0 Å². The van der Waals surface area contributed by atoms with E-state index in [1.165, 1.54) is 12.1 Å². The zero-order chi connectivity index (χ0) is 21.7. The quantitative estimate of drug-likeness (QED) is 0.350. The van der Waals surface area contributed by atoms with E-state index >= 15 is 0 Å². The van der Waals surface area contributed by atoms with E-state index in [-0.39, 0.29) is 12.6 Å². The molecule has 30 heavy (non-hydrogen) atoms. The summed E-state index contributed by atoms with van der Waals surface area (Å²) in [5.41, 5.74) is 3.01. The molecule has 0 saturated heterocycles. The van der Waals surface area contributed by atoms with Crippen LogP contribution >= 0.6 is 35.3 Å². The van der Waals surface area contributed by atoms with Crippen LogP contribution in [0.15, 0.2) is 54.2 Å². The summed E-state index contributed by atoms with van der Waals surface area (Å²) in [6.07, 6.45) is 2.44. The van der Waals surface area contributed by atoms with Gasteiger partial charge in [0.05, 0.1) is 24.8 Å². The predicted molar refractivity (Wildman–Crippen MR) is 121 cm³/mol. The van der Waals surface area contributed by atoms with Gasteiger partial charge in [-0.1, -0.05) is 41.4 Å². The minimum Gasteiger partial charge on any atom is -0.463 e. The summed E-state index contributed by atoms with van der Waals surface area (Å²) >= 11 is 14.0. The summed E-state index contributed by atoms with van der Waals surface area (Å²) in [5, 5.41) is 3.63. The van der Waals surface area contributed by atoms with Gasteiger partial charge < -0.3 is 14.4 Å². The Morgan fingerprint density at radius 1 is 1.23 bits per heavy atom. The summed E-state index contributed by atoms with van der Waals surface area (Å²) in [5.74, 6) is -0.392. The minimum absolute atomic E-state index is 0.277. The topological polar surface area (TPSA) is 61.9 Å². The first-order valence-corrected chi connectivity index (χ1v) is 10.7. The Balaban J connectivity index is 1.91.